The molecule has 4 N–H and O–H groups in total. The topological polar surface area (TPSA) is 99.4 Å². The van der Waals surface area contributed by atoms with E-state index < -0.39 is 5.91 Å². The lowest BCUT2D eigenvalue weighted by Gasteiger charge is -2.36. The highest BCUT2D eigenvalue weighted by molar-refractivity contribution is 5.98. The van der Waals surface area contributed by atoms with Gasteiger partial charge in [-0.15, -0.1) is 0 Å². The van der Waals surface area contributed by atoms with Crippen LogP contribution in [0.1, 0.15) is 27.0 Å². The fraction of sp³-hybridized carbons (Fsp3) is 0.194. The van der Waals surface area contributed by atoms with Crippen LogP contribution in [0.4, 0.5) is 28.7 Å². The third kappa shape index (κ3) is 5.40. The number of pyridine rings is 2. The second-order valence-corrected chi connectivity index (χ2v) is 9.76. The minimum Gasteiger partial charge on any atom is -0.380 e. The van der Waals surface area contributed by atoms with Gasteiger partial charge in [-0.1, -0.05) is 36.4 Å². The van der Waals surface area contributed by atoms with Crippen LogP contribution in [0.25, 0.3) is 6.08 Å². The van der Waals surface area contributed by atoms with E-state index in [9.17, 15) is 4.79 Å². The number of benzene rings is 2. The van der Waals surface area contributed by atoms with Gasteiger partial charge in [0.2, 0.25) is 0 Å². The molecular weight excluding hydrogens is 486 g/mol. The van der Waals surface area contributed by atoms with Crippen LogP contribution in [0.15, 0.2) is 85.2 Å². The van der Waals surface area contributed by atoms with E-state index in [2.05, 4.69) is 91.1 Å². The summed E-state index contributed by atoms with van der Waals surface area (Å²) >= 11 is 0. The third-order valence-electron chi connectivity index (χ3n) is 7.31. The molecule has 6 rings (SSSR count). The van der Waals surface area contributed by atoms with E-state index in [4.69, 9.17) is 5.73 Å². The van der Waals surface area contributed by atoms with Crippen molar-refractivity contribution in [1.29, 1.82) is 0 Å². The van der Waals surface area contributed by atoms with Gasteiger partial charge in [0.25, 0.3) is 5.91 Å². The van der Waals surface area contributed by atoms with Crippen molar-refractivity contribution >= 4 is 40.7 Å². The molecule has 8 heteroatoms. The van der Waals surface area contributed by atoms with Crippen LogP contribution in [0, 0.1) is 0 Å². The first-order valence-electron chi connectivity index (χ1n) is 13.2. The molecule has 0 saturated carbocycles. The first-order valence-corrected chi connectivity index (χ1v) is 13.2. The maximum atomic E-state index is 12.1. The predicted octanol–water partition coefficient (Wildman–Crippen LogP) is 4.83. The average Bonchev–Trinajstić information content (AvgIpc) is 3.47. The van der Waals surface area contributed by atoms with E-state index >= 15 is 0 Å². The van der Waals surface area contributed by atoms with Gasteiger partial charge in [-0.3, -0.25) is 4.79 Å². The summed E-state index contributed by atoms with van der Waals surface area (Å²) in [6.45, 7) is 4.33. The van der Waals surface area contributed by atoms with Crippen LogP contribution in [0.5, 0.6) is 0 Å². The number of rotatable bonds is 8. The second kappa shape index (κ2) is 10.9. The zero-order chi connectivity index (χ0) is 26.6. The molecule has 2 aliphatic rings. The second-order valence-electron chi connectivity index (χ2n) is 9.76. The largest absolute Gasteiger partial charge is 0.380 e. The minimum absolute atomic E-state index is 0.365. The van der Waals surface area contributed by atoms with Gasteiger partial charge in [0.15, 0.2) is 0 Å². The molecule has 39 heavy (non-hydrogen) atoms. The number of fused-ring (bicyclic) bond motifs is 1. The Balaban J connectivity index is 1.11. The monoisotopic (exact) mass is 517 g/mol. The molecular formula is C31H31N7O. The number of hydrogen-bond acceptors (Lipinski definition) is 7. The maximum Gasteiger partial charge on any atom is 0.252 e. The molecule has 1 fully saturated rings. The van der Waals surface area contributed by atoms with Gasteiger partial charge in [-0.2, -0.15) is 0 Å². The number of piperazine rings is 1. The average molecular weight is 518 g/mol. The van der Waals surface area contributed by atoms with Crippen LogP contribution >= 0.6 is 0 Å². The Morgan fingerprint density at radius 2 is 1.74 bits per heavy atom. The summed E-state index contributed by atoms with van der Waals surface area (Å²) in [5, 5.41) is 6.76. The van der Waals surface area contributed by atoms with Crippen molar-refractivity contribution in [2.75, 3.05) is 46.6 Å². The fourth-order valence-corrected chi connectivity index (χ4v) is 5.21. The van der Waals surface area contributed by atoms with Crippen molar-refractivity contribution in [2.45, 2.75) is 13.0 Å². The number of amides is 1. The summed E-state index contributed by atoms with van der Waals surface area (Å²) in [6.07, 6.45) is 8.65. The van der Waals surface area contributed by atoms with Crippen LogP contribution in [0.2, 0.25) is 0 Å². The lowest BCUT2D eigenvalue weighted by atomic mass is 10.0. The van der Waals surface area contributed by atoms with Crippen LogP contribution in [0.3, 0.4) is 0 Å². The van der Waals surface area contributed by atoms with E-state index in [1.165, 1.54) is 28.6 Å². The quantitative estimate of drug-likeness (QED) is 0.308. The number of allylic oxidation sites excluding steroid dienone is 1. The highest BCUT2D eigenvalue weighted by atomic mass is 16.1. The van der Waals surface area contributed by atoms with Crippen molar-refractivity contribution in [3.05, 3.63) is 107 Å². The number of nitrogens with two attached hydrogens (primary N) is 1. The summed E-state index contributed by atoms with van der Waals surface area (Å²) in [5.41, 5.74) is 12.5. The lowest BCUT2D eigenvalue weighted by Crippen LogP contribution is -2.46. The summed E-state index contributed by atoms with van der Waals surface area (Å²) in [6, 6.07) is 22.5. The van der Waals surface area contributed by atoms with Crippen LogP contribution in [-0.4, -0.2) is 42.1 Å². The van der Waals surface area contributed by atoms with E-state index in [0.29, 0.717) is 23.6 Å². The molecule has 8 nitrogen and oxygen atoms in total. The summed E-state index contributed by atoms with van der Waals surface area (Å²) < 4.78 is 0. The normalized spacial score (nSPS) is 14.3. The van der Waals surface area contributed by atoms with Gasteiger partial charge in [0, 0.05) is 62.6 Å². The standard InChI is InChI=1S/C31H31N7O/c32-31(39)27-21-35-29(19-28(27)34-20-23-7-3-5-22-6-4-8-26(22)23)36-24-10-12-25(13-11-24)37-15-17-38(18-16-37)30-9-1-2-14-33-30/h1-5,7-14,19,21H,6,15-18,20H2,(H2,32,39)(H2,34,35,36). The van der Waals surface area contributed by atoms with E-state index in [-0.39, 0.29) is 0 Å². The third-order valence-corrected chi connectivity index (χ3v) is 7.31. The number of anilines is 5. The number of nitrogens with zero attached hydrogens (tertiary/aromatic N) is 4. The van der Waals surface area contributed by atoms with Gasteiger partial charge in [0.1, 0.15) is 11.6 Å². The van der Waals surface area contributed by atoms with Crippen molar-refractivity contribution in [3.8, 4) is 0 Å². The van der Waals surface area contributed by atoms with Gasteiger partial charge in [-0.05, 0) is 59.5 Å². The van der Waals surface area contributed by atoms with Crippen LogP contribution < -0.4 is 26.2 Å². The molecule has 2 aromatic heterocycles. The first kappa shape index (κ1) is 24.5. The zero-order valence-electron chi connectivity index (χ0n) is 21.7. The van der Waals surface area contributed by atoms with Crippen molar-refractivity contribution in [1.82, 2.24) is 9.97 Å². The Morgan fingerprint density at radius 3 is 2.51 bits per heavy atom. The number of carbonyl (C=O) groups excluding carboxylic acids is 1. The molecule has 0 radical (unpaired) electrons. The zero-order valence-corrected chi connectivity index (χ0v) is 21.7. The van der Waals surface area contributed by atoms with Gasteiger partial charge >= 0.3 is 0 Å². The predicted molar refractivity (Wildman–Crippen MR) is 158 cm³/mol. The summed E-state index contributed by atoms with van der Waals surface area (Å²) in [5.74, 6) is 1.16. The Kier molecular flexibility index (Phi) is 6.82. The molecule has 1 aliphatic carbocycles. The maximum absolute atomic E-state index is 12.1. The number of hydrogen-bond donors (Lipinski definition) is 3. The Morgan fingerprint density at radius 1 is 0.923 bits per heavy atom. The Hall–Kier alpha value is -4.85. The molecule has 0 unspecified atom stereocenters. The number of carbonyl (C=O) groups is 1. The van der Waals surface area contributed by atoms with Gasteiger partial charge in [0.05, 0.1) is 11.3 Å². The van der Waals surface area contributed by atoms with Crippen molar-refractivity contribution < 1.29 is 4.79 Å². The molecule has 1 saturated heterocycles. The van der Waals surface area contributed by atoms with Gasteiger partial charge in [-0.25, -0.2) is 9.97 Å². The highest BCUT2D eigenvalue weighted by Crippen LogP contribution is 2.27. The van der Waals surface area contributed by atoms with Gasteiger partial charge < -0.3 is 26.2 Å². The molecule has 0 spiro atoms. The van der Waals surface area contributed by atoms with Crippen molar-refractivity contribution in [2.24, 2.45) is 5.73 Å². The van der Waals surface area contributed by atoms with E-state index in [0.717, 1.165) is 44.1 Å². The smallest absolute Gasteiger partial charge is 0.252 e. The van der Waals surface area contributed by atoms with E-state index in [1.807, 2.05) is 24.4 Å². The fourth-order valence-electron chi connectivity index (χ4n) is 5.21. The summed E-state index contributed by atoms with van der Waals surface area (Å²) in [7, 11) is 0. The number of aromatic nitrogens is 2. The molecule has 1 amide bonds. The van der Waals surface area contributed by atoms with E-state index in [1.54, 1.807) is 0 Å². The SMILES string of the molecule is NC(=O)c1cnc(Nc2ccc(N3CCN(c4ccccn4)CC3)cc2)cc1NCc1cccc2c1C=CC2. The summed E-state index contributed by atoms with van der Waals surface area (Å²) in [4.78, 5) is 25.7. The molecule has 0 bridgehead atoms. The number of primary amides is 1. The molecule has 1 aliphatic heterocycles. The molecule has 4 aromatic rings. The first-order chi connectivity index (χ1) is 19.1. The highest BCUT2D eigenvalue weighted by Gasteiger charge is 2.18. The molecule has 2 aromatic carbocycles. The molecule has 196 valence electrons. The number of nitrogens with one attached hydrogen (secondary N) is 2. The molecule has 3 heterocycles. The lowest BCUT2D eigenvalue weighted by molar-refractivity contribution is 0.100. The Bertz CT molecular complexity index is 1490. The van der Waals surface area contributed by atoms with Crippen molar-refractivity contribution in [3.63, 3.8) is 0 Å². The molecule has 0 atom stereocenters. The minimum atomic E-state index is -0.512. The van der Waals surface area contributed by atoms with Crippen LogP contribution in [-0.2, 0) is 13.0 Å². The Labute approximate surface area is 228 Å².